The zero-order chi connectivity index (χ0) is 49.6. The van der Waals surface area contributed by atoms with Crippen molar-refractivity contribution in [2.45, 2.75) is 0 Å². The molecule has 0 N–H and O–H groups in total. The fourth-order valence-electron chi connectivity index (χ4n) is 13.1. The largest absolute Gasteiger partial charge is 0.309 e. The van der Waals surface area contributed by atoms with E-state index in [1.165, 1.54) is 87.0 Å². The van der Waals surface area contributed by atoms with Crippen LogP contribution in [0.25, 0.3) is 143 Å². The number of fused-ring (bicyclic) bond motifs is 16. The third-order valence-electron chi connectivity index (χ3n) is 16.2. The highest BCUT2D eigenvalue weighted by atomic mass is 15.2. The molecule has 0 aliphatic rings. The Morgan fingerprint density at radius 3 is 0.776 bits per heavy atom. The molecule has 0 spiro atoms. The standard InChI is InChI=1S/C70H44N6/c1-3-20-45(21-4-1)71-59-32-13-7-26-51(59)57-43-49(38-40-65(57)71)75-63-36-17-11-30-55(63)67-53-28-9-15-34-61(53)73(69(67)75)47-24-19-25-48(42-47)74-62-35-16-10-29-54(62)68-56-31-12-18-37-64(56)76(70(68)74)50-39-41-66-58(44-50)52-27-8-14-33-60(52)72(66)46-22-5-2-6-23-46/h1-44H. The molecule has 0 aliphatic heterocycles. The number of rotatable bonds is 6. The molecule has 6 heterocycles. The van der Waals surface area contributed by atoms with Gasteiger partial charge in [-0.1, -0.05) is 152 Å². The van der Waals surface area contributed by atoms with Crippen molar-refractivity contribution in [2.75, 3.05) is 0 Å². The van der Waals surface area contributed by atoms with Gasteiger partial charge in [0.15, 0.2) is 0 Å². The van der Waals surface area contributed by atoms with E-state index in [2.05, 4.69) is 294 Å². The van der Waals surface area contributed by atoms with E-state index >= 15 is 0 Å². The summed E-state index contributed by atoms with van der Waals surface area (Å²) in [4.78, 5) is 0. The van der Waals surface area contributed by atoms with Crippen molar-refractivity contribution < 1.29 is 0 Å². The molecular weight excluding hydrogens is 925 g/mol. The first-order chi connectivity index (χ1) is 37.8. The van der Waals surface area contributed by atoms with Gasteiger partial charge in [0, 0.05) is 88.0 Å². The minimum absolute atomic E-state index is 1.08. The third kappa shape index (κ3) is 5.59. The van der Waals surface area contributed by atoms with Crippen LogP contribution in [0.1, 0.15) is 0 Å². The summed E-state index contributed by atoms with van der Waals surface area (Å²) in [5, 5.41) is 12.2. The van der Waals surface area contributed by atoms with Crippen LogP contribution < -0.4 is 0 Å². The summed E-state index contributed by atoms with van der Waals surface area (Å²) < 4.78 is 14.8. The molecule has 76 heavy (non-hydrogen) atoms. The van der Waals surface area contributed by atoms with Gasteiger partial charge in [-0.05, 0) is 115 Å². The van der Waals surface area contributed by atoms with Gasteiger partial charge in [0.05, 0.1) is 44.1 Å². The molecule has 0 unspecified atom stereocenters. The lowest BCUT2D eigenvalue weighted by atomic mass is 10.1. The van der Waals surface area contributed by atoms with Gasteiger partial charge in [0.2, 0.25) is 0 Å². The van der Waals surface area contributed by atoms with Crippen LogP contribution in [0.4, 0.5) is 0 Å². The quantitative estimate of drug-likeness (QED) is 0.159. The molecule has 0 bridgehead atoms. The normalized spacial score (nSPS) is 12.2. The number of para-hydroxylation sites is 8. The average molecular weight is 969 g/mol. The maximum absolute atomic E-state index is 2.50. The second-order valence-corrected chi connectivity index (χ2v) is 20.1. The SMILES string of the molecule is c1ccc(-n2c3ccccc3c3cc(-n4c5ccccc5c5c6ccccc6n(-c6cccc(-n7c8ccccc8c8c9ccccc9n(-c9ccc%10c(c9)c9ccccc9n%10-c9ccccc9)c87)c6)c54)ccc32)cc1. The van der Waals surface area contributed by atoms with Crippen LogP contribution in [0.15, 0.2) is 267 Å². The Kier molecular flexibility index (Phi) is 8.46. The van der Waals surface area contributed by atoms with Crippen LogP contribution in [0.2, 0.25) is 0 Å². The first-order valence-electron chi connectivity index (χ1n) is 26.1. The second kappa shape index (κ2) is 15.6. The summed E-state index contributed by atoms with van der Waals surface area (Å²) in [5.74, 6) is 0. The lowest BCUT2D eigenvalue weighted by Crippen LogP contribution is -2.04. The van der Waals surface area contributed by atoms with E-state index in [1.807, 2.05) is 0 Å². The molecule has 0 aliphatic carbocycles. The smallest absolute Gasteiger partial charge is 0.131 e. The van der Waals surface area contributed by atoms with Gasteiger partial charge >= 0.3 is 0 Å². The molecule has 0 saturated carbocycles. The number of hydrogen-bond acceptors (Lipinski definition) is 0. The summed E-state index contributed by atoms with van der Waals surface area (Å²) in [5.41, 5.74) is 18.3. The van der Waals surface area contributed by atoms with Crippen molar-refractivity contribution >= 4 is 109 Å². The lowest BCUT2D eigenvalue weighted by Gasteiger charge is -2.16. The van der Waals surface area contributed by atoms with Gasteiger partial charge in [-0.15, -0.1) is 0 Å². The summed E-state index contributed by atoms with van der Waals surface area (Å²) in [7, 11) is 0. The van der Waals surface area contributed by atoms with Crippen LogP contribution in [0.5, 0.6) is 0 Å². The minimum atomic E-state index is 1.08. The molecule has 0 amide bonds. The highest BCUT2D eigenvalue weighted by Gasteiger charge is 2.26. The lowest BCUT2D eigenvalue weighted by molar-refractivity contribution is 1.05. The number of nitrogens with zero attached hydrogens (tertiary/aromatic N) is 6. The molecule has 17 rings (SSSR count). The Hall–Kier alpha value is -10.3. The molecule has 6 nitrogen and oxygen atoms in total. The number of benzene rings is 11. The summed E-state index contributed by atoms with van der Waals surface area (Å²) in [6.07, 6.45) is 0. The van der Waals surface area contributed by atoms with Crippen LogP contribution >= 0.6 is 0 Å². The predicted molar refractivity (Wildman–Crippen MR) is 317 cm³/mol. The highest BCUT2D eigenvalue weighted by Crippen LogP contribution is 2.45. The molecule has 17 aromatic rings. The summed E-state index contributed by atoms with van der Waals surface area (Å²) >= 11 is 0. The van der Waals surface area contributed by atoms with E-state index < -0.39 is 0 Å². The van der Waals surface area contributed by atoms with Gasteiger partial charge in [-0.3, -0.25) is 18.3 Å². The van der Waals surface area contributed by atoms with E-state index in [1.54, 1.807) is 0 Å². The Balaban J connectivity index is 0.928. The zero-order valence-corrected chi connectivity index (χ0v) is 41.1. The molecular formula is C70H44N6. The number of hydrogen-bond donors (Lipinski definition) is 0. The average Bonchev–Trinajstić information content (AvgIpc) is 4.34. The summed E-state index contributed by atoms with van der Waals surface area (Å²) in [6.45, 7) is 0. The first-order valence-corrected chi connectivity index (χ1v) is 26.1. The zero-order valence-electron chi connectivity index (χ0n) is 41.1. The van der Waals surface area contributed by atoms with Crippen molar-refractivity contribution in [3.63, 3.8) is 0 Å². The molecule has 11 aromatic carbocycles. The van der Waals surface area contributed by atoms with E-state index in [-0.39, 0.29) is 0 Å². The molecule has 0 atom stereocenters. The third-order valence-corrected chi connectivity index (χ3v) is 16.2. The fourth-order valence-corrected chi connectivity index (χ4v) is 13.1. The van der Waals surface area contributed by atoms with Gasteiger partial charge in [0.1, 0.15) is 11.3 Å². The van der Waals surface area contributed by atoms with Crippen molar-refractivity contribution in [1.82, 2.24) is 27.4 Å². The number of aromatic nitrogens is 6. The van der Waals surface area contributed by atoms with E-state index in [0.717, 1.165) is 56.5 Å². The van der Waals surface area contributed by atoms with Gasteiger partial charge < -0.3 is 9.13 Å². The molecule has 0 fully saturated rings. The van der Waals surface area contributed by atoms with E-state index in [0.29, 0.717) is 0 Å². The topological polar surface area (TPSA) is 29.6 Å². The highest BCUT2D eigenvalue weighted by molar-refractivity contribution is 6.24. The monoisotopic (exact) mass is 968 g/mol. The van der Waals surface area contributed by atoms with Crippen LogP contribution in [-0.4, -0.2) is 27.4 Å². The van der Waals surface area contributed by atoms with Crippen molar-refractivity contribution in [2.24, 2.45) is 0 Å². The maximum atomic E-state index is 2.50. The predicted octanol–water partition coefficient (Wildman–Crippen LogP) is 18.0. The van der Waals surface area contributed by atoms with Gasteiger partial charge in [0.25, 0.3) is 0 Å². The summed E-state index contributed by atoms with van der Waals surface area (Å²) in [6, 6.07) is 98.0. The maximum Gasteiger partial charge on any atom is 0.131 e. The minimum Gasteiger partial charge on any atom is -0.309 e. The van der Waals surface area contributed by atoms with Crippen LogP contribution in [0, 0.1) is 0 Å². The van der Waals surface area contributed by atoms with Crippen molar-refractivity contribution in [3.05, 3.63) is 267 Å². The van der Waals surface area contributed by atoms with Crippen LogP contribution in [-0.2, 0) is 0 Å². The van der Waals surface area contributed by atoms with Crippen molar-refractivity contribution in [1.29, 1.82) is 0 Å². The van der Waals surface area contributed by atoms with E-state index in [4.69, 9.17) is 0 Å². The Bertz CT molecular complexity index is 4900. The van der Waals surface area contributed by atoms with Crippen LogP contribution in [0.3, 0.4) is 0 Å². The molecule has 6 heteroatoms. The molecule has 354 valence electrons. The van der Waals surface area contributed by atoms with Gasteiger partial charge in [-0.25, -0.2) is 0 Å². The fraction of sp³-hybridized carbons (Fsp3) is 0. The van der Waals surface area contributed by atoms with E-state index in [9.17, 15) is 0 Å². The van der Waals surface area contributed by atoms with Gasteiger partial charge in [-0.2, -0.15) is 0 Å². The molecule has 6 aromatic heterocycles. The molecule has 0 saturated heterocycles. The second-order valence-electron chi connectivity index (χ2n) is 20.1. The van der Waals surface area contributed by atoms with Crippen molar-refractivity contribution in [3.8, 4) is 34.1 Å². The Labute approximate surface area is 435 Å². The first kappa shape index (κ1) is 41.2. The molecule has 0 radical (unpaired) electrons. The Morgan fingerprint density at radius 2 is 0.421 bits per heavy atom. The Morgan fingerprint density at radius 1 is 0.158 bits per heavy atom.